The van der Waals surface area contributed by atoms with Gasteiger partial charge in [0, 0.05) is 10.2 Å². The highest BCUT2D eigenvalue weighted by Gasteiger charge is 2.42. The summed E-state index contributed by atoms with van der Waals surface area (Å²) in [5.74, 6) is -1.17. The average Bonchev–Trinajstić information content (AvgIpc) is 2.77. The van der Waals surface area contributed by atoms with Crippen LogP contribution in [-0.4, -0.2) is 24.4 Å². The lowest BCUT2D eigenvalue weighted by Gasteiger charge is -2.40. The maximum Gasteiger partial charge on any atom is 0.255 e. The molecule has 0 spiro atoms. The Morgan fingerprint density at radius 2 is 1.61 bits per heavy atom. The molecule has 1 unspecified atom stereocenters. The molecule has 3 aromatic rings. The van der Waals surface area contributed by atoms with Gasteiger partial charge in [-0.15, -0.1) is 0 Å². The molecule has 1 aliphatic heterocycles. The fourth-order valence-corrected chi connectivity index (χ4v) is 4.01. The number of carbonyl (C=O) groups excluding carboxylic acids is 2. The summed E-state index contributed by atoms with van der Waals surface area (Å²) in [6, 6.07) is 21.9. The molecule has 4 rings (SSSR count). The summed E-state index contributed by atoms with van der Waals surface area (Å²) in [6.45, 7) is 1.59. The predicted molar refractivity (Wildman–Crippen MR) is 124 cm³/mol. The molecule has 1 aliphatic rings. The van der Waals surface area contributed by atoms with Gasteiger partial charge in [0.25, 0.3) is 5.91 Å². The minimum absolute atomic E-state index is 0.105. The minimum atomic E-state index is -0.887. The van der Waals surface area contributed by atoms with Gasteiger partial charge in [-0.2, -0.15) is 0 Å². The third-order valence-corrected chi connectivity index (χ3v) is 5.72. The maximum atomic E-state index is 14.5. The van der Waals surface area contributed by atoms with E-state index >= 15 is 0 Å². The Kier molecular flexibility index (Phi) is 6.00. The van der Waals surface area contributed by atoms with Crippen molar-refractivity contribution in [1.29, 1.82) is 0 Å². The Bertz CT molecular complexity index is 1150. The first-order chi connectivity index (χ1) is 15.0. The molecule has 1 atom stereocenters. The topological polar surface area (TPSA) is 40.6 Å². The van der Waals surface area contributed by atoms with Gasteiger partial charge in [0.1, 0.15) is 18.4 Å². The van der Waals surface area contributed by atoms with Crippen molar-refractivity contribution in [1.82, 2.24) is 0 Å². The molecular formula is C25H20BrFN2O2. The molecule has 6 heteroatoms. The molecular weight excluding hydrogens is 459 g/mol. The van der Waals surface area contributed by atoms with Crippen LogP contribution in [0.2, 0.25) is 0 Å². The van der Waals surface area contributed by atoms with Crippen LogP contribution >= 0.6 is 15.9 Å². The first-order valence-electron chi connectivity index (χ1n) is 9.82. The van der Waals surface area contributed by atoms with Crippen LogP contribution in [0.4, 0.5) is 15.8 Å². The summed E-state index contributed by atoms with van der Waals surface area (Å²) >= 11 is 3.40. The van der Waals surface area contributed by atoms with Gasteiger partial charge in [0.2, 0.25) is 5.91 Å². The van der Waals surface area contributed by atoms with Crippen molar-refractivity contribution in [2.45, 2.75) is 13.0 Å². The first kappa shape index (κ1) is 21.0. The molecule has 2 amide bonds. The van der Waals surface area contributed by atoms with Crippen molar-refractivity contribution < 1.29 is 14.0 Å². The van der Waals surface area contributed by atoms with Gasteiger partial charge in [-0.1, -0.05) is 64.5 Å². The number of nitrogens with zero attached hydrogens (tertiary/aromatic N) is 2. The number of hydrogen-bond donors (Lipinski definition) is 0. The van der Waals surface area contributed by atoms with Crippen molar-refractivity contribution >= 4 is 45.2 Å². The number of hydrogen-bond acceptors (Lipinski definition) is 2. The molecule has 0 bridgehead atoms. The van der Waals surface area contributed by atoms with Gasteiger partial charge in [0.05, 0.1) is 5.69 Å². The van der Waals surface area contributed by atoms with E-state index in [-0.39, 0.29) is 24.0 Å². The second kappa shape index (κ2) is 8.86. The van der Waals surface area contributed by atoms with Crippen LogP contribution in [0, 0.1) is 5.82 Å². The molecule has 1 fully saturated rings. The summed E-state index contributed by atoms with van der Waals surface area (Å²) < 4.78 is 15.3. The van der Waals surface area contributed by atoms with Crippen LogP contribution in [0.5, 0.6) is 0 Å². The Morgan fingerprint density at radius 1 is 0.968 bits per heavy atom. The zero-order valence-electron chi connectivity index (χ0n) is 16.8. The second-order valence-corrected chi connectivity index (χ2v) is 8.23. The van der Waals surface area contributed by atoms with E-state index in [1.54, 1.807) is 24.3 Å². The standard InChI is InChI=1S/C25H20BrFN2O2/c1-17(15-18-7-3-2-4-8-18)24-25(31)28(22-10-6-5-9-21(22)27)16-23(30)29(24)20-13-11-19(26)12-14-20/h2-15,24H,16H2,1H3. The molecule has 0 saturated carbocycles. The molecule has 4 nitrogen and oxygen atoms in total. The Morgan fingerprint density at radius 3 is 2.29 bits per heavy atom. The lowest BCUT2D eigenvalue weighted by Crippen LogP contribution is -2.61. The number of benzene rings is 3. The summed E-state index contributed by atoms with van der Waals surface area (Å²) in [7, 11) is 0. The van der Waals surface area contributed by atoms with Crippen LogP contribution in [0.3, 0.4) is 0 Å². The van der Waals surface area contributed by atoms with Gasteiger partial charge in [-0.05, 0) is 54.5 Å². The molecule has 0 N–H and O–H groups in total. The first-order valence-corrected chi connectivity index (χ1v) is 10.6. The van der Waals surface area contributed by atoms with Crippen LogP contribution in [0.15, 0.2) is 88.9 Å². The Labute approximate surface area is 188 Å². The largest absolute Gasteiger partial charge is 0.298 e. The molecule has 3 aromatic carbocycles. The SMILES string of the molecule is CC(=Cc1ccccc1)C1C(=O)N(c2ccccc2F)CC(=O)N1c1ccc(Br)cc1. The molecule has 31 heavy (non-hydrogen) atoms. The zero-order chi connectivity index (χ0) is 22.0. The summed E-state index contributed by atoms with van der Waals surface area (Å²) in [4.78, 5) is 29.6. The highest BCUT2D eigenvalue weighted by Crippen LogP contribution is 2.31. The molecule has 0 aromatic heterocycles. The van der Waals surface area contributed by atoms with Crippen LogP contribution in [-0.2, 0) is 9.59 Å². The highest BCUT2D eigenvalue weighted by atomic mass is 79.9. The third kappa shape index (κ3) is 4.30. The number of piperazine rings is 1. The normalized spacial score (nSPS) is 17.3. The molecule has 156 valence electrons. The van der Waals surface area contributed by atoms with Crippen LogP contribution in [0.25, 0.3) is 6.08 Å². The molecule has 1 saturated heterocycles. The van der Waals surface area contributed by atoms with E-state index in [1.165, 1.54) is 21.9 Å². The van der Waals surface area contributed by atoms with Crippen molar-refractivity contribution in [2.75, 3.05) is 16.3 Å². The molecule has 0 radical (unpaired) electrons. The molecule has 0 aliphatic carbocycles. The number of carbonyl (C=O) groups is 2. The quantitative estimate of drug-likeness (QED) is 0.500. The van der Waals surface area contributed by atoms with Crippen molar-refractivity contribution in [3.05, 3.63) is 100 Å². The number of amides is 2. The minimum Gasteiger partial charge on any atom is -0.298 e. The Hall–Kier alpha value is -3.25. The number of anilines is 2. The lowest BCUT2D eigenvalue weighted by atomic mass is 9.98. The average molecular weight is 479 g/mol. The predicted octanol–water partition coefficient (Wildman–Crippen LogP) is 5.44. The smallest absolute Gasteiger partial charge is 0.255 e. The van der Waals surface area contributed by atoms with Gasteiger partial charge < -0.3 is 0 Å². The molecule has 1 heterocycles. The third-order valence-electron chi connectivity index (χ3n) is 5.19. The Balaban J connectivity index is 1.81. The van der Waals surface area contributed by atoms with E-state index in [1.807, 2.05) is 55.5 Å². The fourth-order valence-electron chi connectivity index (χ4n) is 3.75. The monoisotopic (exact) mass is 478 g/mol. The lowest BCUT2D eigenvalue weighted by molar-refractivity contribution is -0.127. The van der Waals surface area contributed by atoms with Gasteiger partial charge in [0.15, 0.2) is 0 Å². The maximum absolute atomic E-state index is 14.5. The van der Waals surface area contributed by atoms with Crippen molar-refractivity contribution in [2.24, 2.45) is 0 Å². The van der Waals surface area contributed by atoms with Crippen LogP contribution < -0.4 is 9.80 Å². The van der Waals surface area contributed by atoms with E-state index in [2.05, 4.69) is 15.9 Å². The number of para-hydroxylation sites is 1. The second-order valence-electron chi connectivity index (χ2n) is 7.32. The van der Waals surface area contributed by atoms with E-state index in [0.717, 1.165) is 10.0 Å². The van der Waals surface area contributed by atoms with Crippen LogP contribution in [0.1, 0.15) is 12.5 Å². The van der Waals surface area contributed by atoms with Gasteiger partial charge >= 0.3 is 0 Å². The zero-order valence-corrected chi connectivity index (χ0v) is 18.4. The number of halogens is 2. The van der Waals surface area contributed by atoms with Crippen molar-refractivity contribution in [3.63, 3.8) is 0 Å². The highest BCUT2D eigenvalue weighted by molar-refractivity contribution is 9.10. The van der Waals surface area contributed by atoms with Gasteiger partial charge in [-0.3, -0.25) is 19.4 Å². The summed E-state index contributed by atoms with van der Waals surface area (Å²) in [5.41, 5.74) is 2.32. The number of rotatable bonds is 4. The van der Waals surface area contributed by atoms with E-state index in [9.17, 15) is 14.0 Å². The summed E-state index contributed by atoms with van der Waals surface area (Å²) in [6.07, 6.45) is 1.88. The van der Waals surface area contributed by atoms with E-state index < -0.39 is 11.9 Å². The van der Waals surface area contributed by atoms with E-state index in [0.29, 0.717) is 11.3 Å². The summed E-state index contributed by atoms with van der Waals surface area (Å²) in [5, 5.41) is 0. The van der Waals surface area contributed by atoms with Crippen molar-refractivity contribution in [3.8, 4) is 0 Å². The fraction of sp³-hybridized carbons (Fsp3) is 0.120. The van der Waals surface area contributed by atoms with E-state index in [4.69, 9.17) is 0 Å². The van der Waals surface area contributed by atoms with Gasteiger partial charge in [-0.25, -0.2) is 4.39 Å².